The van der Waals surface area contributed by atoms with Gasteiger partial charge < -0.3 is 11.1 Å². The zero-order chi connectivity index (χ0) is 23.3. The summed E-state index contributed by atoms with van der Waals surface area (Å²) in [6.45, 7) is 4.19. The molecule has 0 heterocycles. The molecule has 2 bridgehead atoms. The van der Waals surface area contributed by atoms with Crippen molar-refractivity contribution >= 4 is 58.6 Å². The molecule has 3 fully saturated rings. The fourth-order valence-electron chi connectivity index (χ4n) is 5.88. The third-order valence-electron chi connectivity index (χ3n) is 7.78. The molecule has 9 heteroatoms. The summed E-state index contributed by atoms with van der Waals surface area (Å²) in [7, 11) is 0. The summed E-state index contributed by atoms with van der Waals surface area (Å²) in [5.41, 5.74) is 4.62. The molecule has 2 amide bonds. The summed E-state index contributed by atoms with van der Waals surface area (Å²) < 4.78 is 3.38. The lowest BCUT2D eigenvalue weighted by Crippen LogP contribution is -2.63. The van der Waals surface area contributed by atoms with Crippen molar-refractivity contribution in [1.82, 2.24) is 10.0 Å². The average molecular weight is 519 g/mol. The van der Waals surface area contributed by atoms with Crippen molar-refractivity contribution in [3.05, 3.63) is 27.2 Å². The lowest BCUT2D eigenvalue weighted by Gasteiger charge is -2.51. The molecule has 1 aromatic carbocycles. The number of hydrogen-bond donors (Lipinski definition) is 3. The maximum absolute atomic E-state index is 13.5. The second kappa shape index (κ2) is 9.18. The number of nitrogens with one attached hydrogen (secondary N) is 2. The quantitative estimate of drug-likeness (QED) is 0.338. The van der Waals surface area contributed by atoms with Crippen molar-refractivity contribution in [2.45, 2.75) is 75.3 Å². The fourth-order valence-corrected chi connectivity index (χ4v) is 7.54. The highest BCUT2D eigenvalue weighted by Gasteiger charge is 2.51. The minimum absolute atomic E-state index is 0.0223. The van der Waals surface area contributed by atoms with Crippen LogP contribution in [-0.2, 0) is 9.59 Å². The second-order valence-corrected chi connectivity index (χ2v) is 12.3. The van der Waals surface area contributed by atoms with Crippen LogP contribution >= 0.6 is 46.8 Å². The van der Waals surface area contributed by atoms with E-state index in [1.54, 1.807) is 12.1 Å². The van der Waals surface area contributed by atoms with Gasteiger partial charge >= 0.3 is 0 Å². The molecule has 3 aliphatic rings. The van der Waals surface area contributed by atoms with Crippen LogP contribution in [0.2, 0.25) is 15.1 Å². The van der Waals surface area contributed by atoms with Crippen LogP contribution in [-0.4, -0.2) is 23.4 Å². The van der Waals surface area contributed by atoms with Crippen molar-refractivity contribution < 1.29 is 9.59 Å². The number of carbonyl (C=O) groups excluding carboxylic acids is 2. The number of halogens is 3. The topological polar surface area (TPSA) is 84.2 Å². The van der Waals surface area contributed by atoms with Gasteiger partial charge in [0.1, 0.15) is 5.54 Å². The molecule has 176 valence electrons. The Labute approximate surface area is 209 Å². The van der Waals surface area contributed by atoms with Gasteiger partial charge in [0, 0.05) is 16.4 Å². The molecule has 32 heavy (non-hydrogen) atoms. The number of nitrogens with two attached hydrogens (primary N) is 1. The van der Waals surface area contributed by atoms with E-state index >= 15 is 0 Å². The molecule has 5 unspecified atom stereocenters. The molecule has 1 aromatic rings. The number of benzene rings is 1. The maximum Gasteiger partial charge on any atom is 0.241 e. The number of primary amides is 1. The first kappa shape index (κ1) is 24.5. The number of hydrogen-bond acceptors (Lipinski definition) is 4. The molecule has 4 N–H and O–H groups in total. The van der Waals surface area contributed by atoms with E-state index < -0.39 is 11.0 Å². The minimum Gasteiger partial charge on any atom is -0.369 e. The van der Waals surface area contributed by atoms with Crippen LogP contribution in [0.25, 0.3) is 0 Å². The first-order valence-electron chi connectivity index (χ1n) is 11.2. The number of carbonyl (C=O) groups is 2. The van der Waals surface area contributed by atoms with Crippen molar-refractivity contribution in [2.75, 3.05) is 0 Å². The van der Waals surface area contributed by atoms with Crippen LogP contribution in [0.5, 0.6) is 0 Å². The Morgan fingerprint density at radius 3 is 2.41 bits per heavy atom. The third kappa shape index (κ3) is 4.63. The van der Waals surface area contributed by atoms with Crippen LogP contribution in [0.3, 0.4) is 0 Å². The van der Waals surface area contributed by atoms with Crippen LogP contribution in [0.15, 0.2) is 17.0 Å². The highest BCUT2D eigenvalue weighted by molar-refractivity contribution is 7.97. The molecule has 0 radical (unpaired) electrons. The van der Waals surface area contributed by atoms with Gasteiger partial charge in [0.2, 0.25) is 11.8 Å². The van der Waals surface area contributed by atoms with Crippen LogP contribution < -0.4 is 15.8 Å². The summed E-state index contributed by atoms with van der Waals surface area (Å²) in [5.74, 6) is 0.938. The summed E-state index contributed by atoms with van der Waals surface area (Å²) >= 11 is 19.8. The van der Waals surface area contributed by atoms with Crippen LogP contribution in [0.4, 0.5) is 0 Å². The molecule has 4 rings (SSSR count). The lowest BCUT2D eigenvalue weighted by molar-refractivity contribution is -0.135. The molecule has 0 aromatic heterocycles. The number of fused-ring (bicyclic) bond motifs is 2. The zero-order valence-corrected chi connectivity index (χ0v) is 21.4. The van der Waals surface area contributed by atoms with Gasteiger partial charge in [-0.05, 0) is 86.8 Å². The highest BCUT2D eigenvalue weighted by Crippen LogP contribution is 2.50. The molecule has 3 aliphatic carbocycles. The molecule has 0 spiro atoms. The Morgan fingerprint density at radius 2 is 1.78 bits per heavy atom. The predicted molar refractivity (Wildman–Crippen MR) is 131 cm³/mol. The van der Waals surface area contributed by atoms with Gasteiger partial charge in [-0.2, -0.15) is 0 Å². The predicted octanol–water partition coefficient (Wildman–Crippen LogP) is 5.60. The van der Waals surface area contributed by atoms with Gasteiger partial charge in [-0.1, -0.05) is 48.7 Å². The molecule has 5 nitrogen and oxygen atoms in total. The summed E-state index contributed by atoms with van der Waals surface area (Å²) in [6, 6.07) is 3.38. The van der Waals surface area contributed by atoms with E-state index in [-0.39, 0.29) is 23.8 Å². The summed E-state index contributed by atoms with van der Waals surface area (Å²) in [5, 5.41) is 4.68. The molecule has 3 saturated carbocycles. The number of amides is 2. The van der Waals surface area contributed by atoms with E-state index in [1.165, 1.54) is 11.9 Å². The van der Waals surface area contributed by atoms with E-state index in [9.17, 15) is 9.59 Å². The SMILES string of the molecule is CC1CC2CC(CC(C)(C(N)=O)C2)C1NC(=O)C1(NSc2cc(Cl)c(Cl)cc2Cl)CCC1. The third-order valence-corrected chi connectivity index (χ3v) is 9.98. The first-order valence-corrected chi connectivity index (χ1v) is 13.2. The summed E-state index contributed by atoms with van der Waals surface area (Å²) in [6.07, 6.45) is 6.17. The second-order valence-electron chi connectivity index (χ2n) is 10.2. The van der Waals surface area contributed by atoms with Gasteiger partial charge in [-0.15, -0.1) is 0 Å². The van der Waals surface area contributed by atoms with E-state index in [1.807, 2.05) is 6.92 Å². The van der Waals surface area contributed by atoms with Gasteiger partial charge in [-0.25, -0.2) is 4.72 Å². The van der Waals surface area contributed by atoms with Crippen molar-refractivity contribution in [3.63, 3.8) is 0 Å². The monoisotopic (exact) mass is 517 g/mol. The largest absolute Gasteiger partial charge is 0.369 e. The first-order chi connectivity index (χ1) is 15.0. The molecule has 0 saturated heterocycles. The van der Waals surface area contributed by atoms with Gasteiger partial charge in [0.05, 0.1) is 15.1 Å². The minimum atomic E-state index is -0.641. The Morgan fingerprint density at radius 1 is 1.09 bits per heavy atom. The fraction of sp³-hybridized carbons (Fsp3) is 0.652. The van der Waals surface area contributed by atoms with Crippen molar-refractivity contribution in [2.24, 2.45) is 28.9 Å². The maximum atomic E-state index is 13.5. The van der Waals surface area contributed by atoms with Crippen LogP contribution in [0.1, 0.15) is 58.8 Å². The molecule has 0 aliphatic heterocycles. The van der Waals surface area contributed by atoms with Gasteiger partial charge in [0.25, 0.3) is 0 Å². The normalized spacial score (nSPS) is 33.3. The van der Waals surface area contributed by atoms with Gasteiger partial charge in [-0.3, -0.25) is 9.59 Å². The molecular weight excluding hydrogens is 489 g/mol. The van der Waals surface area contributed by atoms with Crippen molar-refractivity contribution in [3.8, 4) is 0 Å². The van der Waals surface area contributed by atoms with Gasteiger partial charge in [0.15, 0.2) is 0 Å². The van der Waals surface area contributed by atoms with E-state index in [0.717, 1.165) is 49.8 Å². The standard InChI is InChI=1S/C23H30Cl3N3O2S/c1-12-6-13-7-14(11-22(2,10-13)20(27)30)19(12)28-21(31)23(4-3-5-23)29-32-18-9-16(25)15(24)8-17(18)26/h8-9,12-14,19,29H,3-7,10-11H2,1-2H3,(H2,27,30)(H,28,31). The summed E-state index contributed by atoms with van der Waals surface area (Å²) in [4.78, 5) is 26.3. The zero-order valence-electron chi connectivity index (χ0n) is 18.3. The Bertz CT molecular complexity index is 924. The average Bonchev–Trinajstić information content (AvgIpc) is 2.67. The number of rotatable bonds is 6. The highest BCUT2D eigenvalue weighted by atomic mass is 35.5. The molecular formula is C23H30Cl3N3O2S. The Kier molecular flexibility index (Phi) is 7.02. The lowest BCUT2D eigenvalue weighted by atomic mass is 9.57. The van der Waals surface area contributed by atoms with Crippen molar-refractivity contribution in [1.29, 1.82) is 0 Å². The van der Waals surface area contributed by atoms with E-state index in [0.29, 0.717) is 26.9 Å². The van der Waals surface area contributed by atoms with Crippen LogP contribution in [0, 0.1) is 23.2 Å². The Balaban J connectivity index is 1.46. The molecule has 5 atom stereocenters. The van der Waals surface area contributed by atoms with E-state index in [2.05, 4.69) is 17.0 Å². The van der Waals surface area contributed by atoms with E-state index in [4.69, 9.17) is 40.5 Å². The Hall–Kier alpha value is -0.660. The smallest absolute Gasteiger partial charge is 0.241 e.